The number of carbonyl (C=O) groups excluding carboxylic acids is 1. The maximum atomic E-state index is 13.3. The van der Waals surface area contributed by atoms with Crippen molar-refractivity contribution in [2.45, 2.75) is 92.8 Å². The average molecular weight is 785 g/mol. The molecule has 3 aliphatic rings. The second kappa shape index (κ2) is 18.5. The SMILES string of the molecule is COc1ccc(/C=C/C(=O)O[C@H]2[C@H](O[C@@H]3O[C@@H](C)[C@H](O)[C@@H](O)[C@H]3O)[C@@H](O)[C@H](OCCc3ccc(O)c(OC)c3)O[C@@H]2CO[C@@H]2OC[C@](O)(CO)[C@H]2O)cc1O. The lowest BCUT2D eigenvalue weighted by molar-refractivity contribution is -0.360. The summed E-state index contributed by atoms with van der Waals surface area (Å²) in [4.78, 5) is 13.3. The van der Waals surface area contributed by atoms with Crippen LogP contribution in [0.25, 0.3) is 6.08 Å². The molecule has 0 unspecified atom stereocenters. The molecule has 0 spiro atoms. The van der Waals surface area contributed by atoms with E-state index in [2.05, 4.69) is 0 Å². The number of carbonyl (C=O) groups is 1. The van der Waals surface area contributed by atoms with E-state index in [9.17, 15) is 50.8 Å². The van der Waals surface area contributed by atoms with E-state index in [1.54, 1.807) is 18.2 Å². The third kappa shape index (κ3) is 9.84. The number of hydrogen-bond donors (Lipinski definition) is 9. The summed E-state index contributed by atoms with van der Waals surface area (Å²) in [6.45, 7) is -0.565. The van der Waals surface area contributed by atoms with Gasteiger partial charge in [0.15, 0.2) is 48.0 Å². The van der Waals surface area contributed by atoms with Crippen molar-refractivity contribution < 1.29 is 93.4 Å². The van der Waals surface area contributed by atoms with Gasteiger partial charge in [-0.25, -0.2) is 4.79 Å². The van der Waals surface area contributed by atoms with E-state index >= 15 is 0 Å². The number of esters is 1. The van der Waals surface area contributed by atoms with Gasteiger partial charge in [0.05, 0.1) is 46.8 Å². The minimum atomic E-state index is -2.04. The predicted molar refractivity (Wildman–Crippen MR) is 184 cm³/mol. The van der Waals surface area contributed by atoms with E-state index in [1.165, 1.54) is 45.4 Å². The Morgan fingerprint density at radius 2 is 1.60 bits per heavy atom. The van der Waals surface area contributed by atoms with Crippen LogP contribution in [0.3, 0.4) is 0 Å². The number of phenolic OH excluding ortho intramolecular Hbond substituents is 2. The molecule has 0 aliphatic carbocycles. The van der Waals surface area contributed by atoms with Gasteiger partial charge in [0.1, 0.15) is 48.3 Å². The first-order valence-corrected chi connectivity index (χ1v) is 17.4. The molecule has 55 heavy (non-hydrogen) atoms. The van der Waals surface area contributed by atoms with Crippen LogP contribution in [-0.2, 0) is 44.4 Å². The number of ether oxygens (including phenoxy) is 9. The summed E-state index contributed by atoms with van der Waals surface area (Å²) in [7, 11) is 2.76. The maximum Gasteiger partial charge on any atom is 0.331 e. The van der Waals surface area contributed by atoms with Gasteiger partial charge >= 0.3 is 5.97 Å². The van der Waals surface area contributed by atoms with E-state index in [1.807, 2.05) is 0 Å². The molecule has 19 nitrogen and oxygen atoms in total. The van der Waals surface area contributed by atoms with Crippen LogP contribution in [-0.4, -0.2) is 172 Å². The van der Waals surface area contributed by atoms with Crippen molar-refractivity contribution in [2.24, 2.45) is 0 Å². The molecular formula is C36H48O19. The highest BCUT2D eigenvalue weighted by atomic mass is 16.8. The molecule has 5 rings (SSSR count). The van der Waals surface area contributed by atoms with Crippen molar-refractivity contribution in [2.75, 3.05) is 40.6 Å². The van der Waals surface area contributed by atoms with Gasteiger partial charge in [0, 0.05) is 6.08 Å². The molecule has 306 valence electrons. The lowest BCUT2D eigenvalue weighted by atomic mass is 9.96. The molecule has 3 fully saturated rings. The standard InChI is InChI=1S/C36H48O19/c1-17-26(41)27(42)28(43)34(52-17)55-31-29(44)33(49-11-10-19-4-7-20(38)23(13-19)48-3)53-24(14-50-35-32(45)36(46,15-37)16-51-35)30(31)54-25(40)9-6-18-5-8-22(47-2)21(39)12-18/h4-9,12-13,17,24,26-35,37-39,41-46H,10-11,14-16H2,1-3H3/b9-6+/t17-,24+,26-,27+,28+,29+,30+,31+,32-,33+,34-,35+,36+/m0/s1. The van der Waals surface area contributed by atoms with Crippen molar-refractivity contribution in [3.8, 4) is 23.0 Å². The summed E-state index contributed by atoms with van der Waals surface area (Å²) in [6, 6.07) is 9.00. The van der Waals surface area contributed by atoms with Crippen LogP contribution in [0.1, 0.15) is 18.1 Å². The highest BCUT2D eigenvalue weighted by Gasteiger charge is 2.54. The lowest BCUT2D eigenvalue weighted by Gasteiger charge is -2.46. The van der Waals surface area contributed by atoms with Gasteiger partial charge in [0.25, 0.3) is 0 Å². The van der Waals surface area contributed by atoms with Crippen LogP contribution in [0.2, 0.25) is 0 Å². The van der Waals surface area contributed by atoms with Gasteiger partial charge in [-0.2, -0.15) is 0 Å². The first-order chi connectivity index (χ1) is 26.2. The molecule has 19 heteroatoms. The first-order valence-electron chi connectivity index (χ1n) is 17.4. The van der Waals surface area contributed by atoms with Crippen LogP contribution in [0, 0.1) is 0 Å². The Morgan fingerprint density at radius 3 is 2.27 bits per heavy atom. The number of aromatic hydroxyl groups is 2. The molecular weight excluding hydrogens is 736 g/mol. The fourth-order valence-electron chi connectivity index (χ4n) is 6.19. The summed E-state index contributed by atoms with van der Waals surface area (Å²) in [5, 5.41) is 94.0. The fraction of sp³-hybridized carbons (Fsp3) is 0.583. The van der Waals surface area contributed by atoms with Crippen molar-refractivity contribution in [1.82, 2.24) is 0 Å². The van der Waals surface area contributed by atoms with Crippen molar-refractivity contribution >= 4 is 12.0 Å². The Labute approximate surface area is 315 Å². The summed E-state index contributed by atoms with van der Waals surface area (Å²) in [6.07, 6.45) is -16.4. The zero-order chi connectivity index (χ0) is 40.0. The van der Waals surface area contributed by atoms with Gasteiger partial charge < -0.3 is 88.6 Å². The number of aliphatic hydroxyl groups is 7. The summed E-state index contributed by atoms with van der Waals surface area (Å²) < 4.78 is 50.7. The molecule has 3 aliphatic heterocycles. The lowest BCUT2D eigenvalue weighted by Crippen LogP contribution is -2.65. The molecule has 2 aromatic carbocycles. The second-order valence-electron chi connectivity index (χ2n) is 13.3. The van der Waals surface area contributed by atoms with Gasteiger partial charge in [-0.05, 0) is 54.8 Å². The largest absolute Gasteiger partial charge is 0.504 e. The van der Waals surface area contributed by atoms with Crippen LogP contribution in [0.15, 0.2) is 42.5 Å². The van der Waals surface area contributed by atoms with Crippen molar-refractivity contribution in [1.29, 1.82) is 0 Å². The quantitative estimate of drug-likeness (QED) is 0.0701. The summed E-state index contributed by atoms with van der Waals surface area (Å²) >= 11 is 0. The van der Waals surface area contributed by atoms with Crippen molar-refractivity contribution in [3.63, 3.8) is 0 Å². The van der Waals surface area contributed by atoms with Crippen LogP contribution >= 0.6 is 0 Å². The van der Waals surface area contributed by atoms with E-state index in [4.69, 9.17) is 42.6 Å². The number of phenols is 2. The Balaban J connectivity index is 1.42. The first kappa shape index (κ1) is 42.5. The van der Waals surface area contributed by atoms with Gasteiger partial charge in [-0.3, -0.25) is 0 Å². The number of aliphatic hydroxyl groups excluding tert-OH is 6. The minimum Gasteiger partial charge on any atom is -0.504 e. The topological polar surface area (TPSA) is 282 Å². The van der Waals surface area contributed by atoms with E-state index in [-0.39, 0.29) is 36.0 Å². The number of benzene rings is 2. The van der Waals surface area contributed by atoms with Crippen LogP contribution in [0.4, 0.5) is 0 Å². The van der Waals surface area contributed by atoms with E-state index < -0.39 is 105 Å². The highest BCUT2D eigenvalue weighted by molar-refractivity contribution is 5.87. The Kier molecular flexibility index (Phi) is 14.3. The minimum absolute atomic E-state index is 0.0773. The van der Waals surface area contributed by atoms with Crippen molar-refractivity contribution in [3.05, 3.63) is 53.6 Å². The molecule has 0 aromatic heterocycles. The highest BCUT2D eigenvalue weighted by Crippen LogP contribution is 2.34. The van der Waals surface area contributed by atoms with E-state index in [0.29, 0.717) is 11.1 Å². The number of methoxy groups -OCH3 is 2. The van der Waals surface area contributed by atoms with Gasteiger partial charge in [-0.15, -0.1) is 0 Å². The van der Waals surface area contributed by atoms with Gasteiger partial charge in [0.2, 0.25) is 0 Å². The fourth-order valence-corrected chi connectivity index (χ4v) is 6.19. The third-order valence-corrected chi connectivity index (χ3v) is 9.50. The Hall–Kier alpha value is -3.67. The molecule has 9 N–H and O–H groups in total. The zero-order valence-electron chi connectivity index (χ0n) is 30.2. The molecule has 3 heterocycles. The van der Waals surface area contributed by atoms with Crippen LogP contribution < -0.4 is 9.47 Å². The summed E-state index contributed by atoms with van der Waals surface area (Å²) in [5.41, 5.74) is -0.974. The normalized spacial score (nSPS) is 35.2. The maximum absolute atomic E-state index is 13.3. The molecule has 0 radical (unpaired) electrons. The molecule has 0 saturated carbocycles. The second-order valence-corrected chi connectivity index (χ2v) is 13.3. The molecule has 13 atom stereocenters. The monoisotopic (exact) mass is 784 g/mol. The summed E-state index contributed by atoms with van der Waals surface area (Å²) in [5.74, 6) is -0.859. The molecule has 0 bridgehead atoms. The molecule has 2 aromatic rings. The predicted octanol–water partition coefficient (Wildman–Crippen LogP) is -1.94. The molecule has 3 saturated heterocycles. The van der Waals surface area contributed by atoms with Gasteiger partial charge in [-0.1, -0.05) is 12.1 Å². The van der Waals surface area contributed by atoms with Crippen LogP contribution in [0.5, 0.6) is 23.0 Å². The number of rotatable bonds is 15. The molecule has 0 amide bonds. The van der Waals surface area contributed by atoms with E-state index in [0.717, 1.165) is 6.08 Å². The number of hydrogen-bond acceptors (Lipinski definition) is 19. The smallest absolute Gasteiger partial charge is 0.331 e. The zero-order valence-corrected chi connectivity index (χ0v) is 30.2. The Morgan fingerprint density at radius 1 is 0.855 bits per heavy atom. The Bertz CT molecular complexity index is 1610. The average Bonchev–Trinajstić information content (AvgIpc) is 3.46. The third-order valence-electron chi connectivity index (χ3n) is 9.50.